The van der Waals surface area contributed by atoms with E-state index in [9.17, 15) is 19.5 Å². The van der Waals surface area contributed by atoms with E-state index in [1.807, 2.05) is 62.5 Å². The number of hydrazine groups is 1. The summed E-state index contributed by atoms with van der Waals surface area (Å²) in [5.74, 6) is 0.717. The van der Waals surface area contributed by atoms with Crippen molar-refractivity contribution in [3.8, 4) is 11.5 Å². The maximum atomic E-state index is 13.8. The number of benzene rings is 2. The summed E-state index contributed by atoms with van der Waals surface area (Å²) >= 11 is 1.49. The van der Waals surface area contributed by atoms with Gasteiger partial charge in [-0.3, -0.25) is 10.2 Å². The molecule has 15 nitrogen and oxygen atoms in total. The molecule has 288 valence electrons. The molecule has 0 aliphatic carbocycles. The molecule has 1 aromatic heterocycles. The number of aliphatic hydroxyl groups is 1. The number of thiazole rings is 1. The highest BCUT2D eigenvalue weighted by Crippen LogP contribution is 2.33. The number of amides is 3. The van der Waals surface area contributed by atoms with Gasteiger partial charge in [-0.15, -0.1) is 11.3 Å². The lowest BCUT2D eigenvalue weighted by Gasteiger charge is -2.34. The van der Waals surface area contributed by atoms with Crippen LogP contribution in [-0.2, 0) is 43.3 Å². The van der Waals surface area contributed by atoms with Gasteiger partial charge in [0.1, 0.15) is 30.3 Å². The molecule has 16 heteroatoms. The number of aromatic nitrogens is 1. The van der Waals surface area contributed by atoms with E-state index in [0.29, 0.717) is 31.1 Å². The second kappa shape index (κ2) is 18.5. The van der Waals surface area contributed by atoms with E-state index in [1.165, 1.54) is 18.4 Å². The summed E-state index contributed by atoms with van der Waals surface area (Å²) < 4.78 is 32.9. The molecule has 2 saturated heterocycles. The Kier molecular flexibility index (Phi) is 13.9. The van der Waals surface area contributed by atoms with Crippen molar-refractivity contribution in [1.82, 2.24) is 26.1 Å². The van der Waals surface area contributed by atoms with E-state index < -0.39 is 54.1 Å². The second-order valence-electron chi connectivity index (χ2n) is 14.0. The largest absolute Gasteiger partial charge is 0.497 e. The molecule has 6 atom stereocenters. The molecule has 0 radical (unpaired) electrons. The van der Waals surface area contributed by atoms with Crippen LogP contribution in [0.1, 0.15) is 44.0 Å². The van der Waals surface area contributed by atoms with E-state index in [1.54, 1.807) is 29.8 Å². The number of ether oxygens (including phenoxy) is 6. The minimum atomic E-state index is -1.21. The van der Waals surface area contributed by atoms with Crippen molar-refractivity contribution >= 4 is 29.4 Å². The summed E-state index contributed by atoms with van der Waals surface area (Å²) in [7, 11) is 2.79. The van der Waals surface area contributed by atoms with Crippen molar-refractivity contribution in [2.75, 3.05) is 34.0 Å². The lowest BCUT2D eigenvalue weighted by Crippen LogP contribution is -2.59. The van der Waals surface area contributed by atoms with Gasteiger partial charge in [0.2, 0.25) is 0 Å². The molecule has 53 heavy (non-hydrogen) atoms. The Morgan fingerprint density at radius 3 is 2.38 bits per heavy atom. The van der Waals surface area contributed by atoms with E-state index >= 15 is 0 Å². The van der Waals surface area contributed by atoms with E-state index in [-0.39, 0.29) is 32.0 Å². The van der Waals surface area contributed by atoms with Gasteiger partial charge in [0, 0.05) is 18.5 Å². The van der Waals surface area contributed by atoms with Crippen molar-refractivity contribution < 1.29 is 47.9 Å². The van der Waals surface area contributed by atoms with Crippen molar-refractivity contribution in [3.05, 3.63) is 76.2 Å². The van der Waals surface area contributed by atoms with Crippen LogP contribution < -0.4 is 25.5 Å². The molecule has 1 unspecified atom stereocenters. The number of carbonyl (C=O) groups is 3. The molecule has 2 aromatic carbocycles. The van der Waals surface area contributed by atoms with Gasteiger partial charge in [0.05, 0.1) is 56.7 Å². The van der Waals surface area contributed by atoms with Crippen molar-refractivity contribution in [3.63, 3.8) is 0 Å². The van der Waals surface area contributed by atoms with Gasteiger partial charge >= 0.3 is 12.2 Å². The van der Waals surface area contributed by atoms with E-state index in [4.69, 9.17) is 28.4 Å². The molecule has 3 amide bonds. The number of fused-ring (bicyclic) bond motifs is 1. The Hall–Kier alpha value is -4.48. The molecular formula is C37H49N5O10S. The minimum Gasteiger partial charge on any atom is -0.497 e. The Bertz CT molecular complexity index is 1620. The first-order valence-electron chi connectivity index (χ1n) is 17.4. The van der Waals surface area contributed by atoms with Crippen LogP contribution in [0.15, 0.2) is 59.4 Å². The molecule has 2 fully saturated rings. The summed E-state index contributed by atoms with van der Waals surface area (Å²) in [4.78, 5) is 43.6. The lowest BCUT2D eigenvalue weighted by atomic mass is 9.86. The lowest BCUT2D eigenvalue weighted by molar-refractivity contribution is -0.131. The summed E-state index contributed by atoms with van der Waals surface area (Å²) in [5.41, 5.74) is 6.38. The standard InChI is InChI=1S/C37H49N5O10S/c1-37(2,3)32(40-35(45)48-5)33(44)41-42(17-24-8-12-27(13-9-24)50-19-25-21-53-22-38-25)18-30(43)29(16-23-6-10-26(47-4)11-7-23)39-36(46)52-31-20-51-34-28(31)14-15-49-34/h6-13,21-22,28-32,34,43H,14-20H2,1-5H3,(H,39,46)(H,40,45)(H,41,44)/t28-,29?,30-,31-,32+,34+/m0/s1. The Labute approximate surface area is 313 Å². The zero-order chi connectivity index (χ0) is 38.0. The number of carbonyl (C=O) groups excluding carboxylic acids is 3. The van der Waals surface area contributed by atoms with Gasteiger partial charge < -0.3 is 44.2 Å². The fraction of sp³-hybridized carbons (Fsp3) is 0.514. The quantitative estimate of drug-likeness (QED) is 0.156. The molecule has 0 spiro atoms. The van der Waals surface area contributed by atoms with Crippen LogP contribution in [0.4, 0.5) is 9.59 Å². The third-order valence-electron chi connectivity index (χ3n) is 9.04. The normalized spacial score (nSPS) is 19.8. The third-order valence-corrected chi connectivity index (χ3v) is 9.68. The number of methoxy groups -OCH3 is 2. The summed E-state index contributed by atoms with van der Waals surface area (Å²) in [6.07, 6.45) is -2.61. The minimum absolute atomic E-state index is 0.0603. The molecule has 2 aliphatic rings. The predicted molar refractivity (Wildman–Crippen MR) is 194 cm³/mol. The molecule has 0 saturated carbocycles. The summed E-state index contributed by atoms with van der Waals surface area (Å²) in [5, 5.41) is 20.8. The molecule has 3 heterocycles. The van der Waals surface area contributed by atoms with Gasteiger partial charge in [-0.1, -0.05) is 45.0 Å². The first kappa shape index (κ1) is 39.7. The predicted octanol–water partition coefficient (Wildman–Crippen LogP) is 3.79. The van der Waals surface area contributed by atoms with Crippen molar-refractivity contribution in [2.24, 2.45) is 11.3 Å². The third kappa shape index (κ3) is 11.5. The van der Waals surface area contributed by atoms with Gasteiger partial charge in [-0.05, 0) is 53.6 Å². The highest BCUT2D eigenvalue weighted by atomic mass is 32.1. The number of nitrogens with zero attached hydrogens (tertiary/aromatic N) is 2. The number of nitrogens with one attached hydrogen (secondary N) is 3. The first-order valence-corrected chi connectivity index (χ1v) is 18.4. The number of hydrogen-bond donors (Lipinski definition) is 4. The van der Waals surface area contributed by atoms with Crippen molar-refractivity contribution in [2.45, 2.75) is 77.3 Å². The average Bonchev–Trinajstić information content (AvgIpc) is 3.91. The monoisotopic (exact) mass is 755 g/mol. The Balaban J connectivity index is 1.34. The van der Waals surface area contributed by atoms with Crippen LogP contribution in [0.5, 0.6) is 11.5 Å². The topological polar surface area (TPSA) is 179 Å². The maximum absolute atomic E-state index is 13.8. The fourth-order valence-corrected chi connectivity index (χ4v) is 6.67. The van der Waals surface area contributed by atoms with Crippen LogP contribution in [0, 0.1) is 11.3 Å². The first-order chi connectivity index (χ1) is 25.4. The highest BCUT2D eigenvalue weighted by molar-refractivity contribution is 7.07. The Morgan fingerprint density at radius 1 is 1.00 bits per heavy atom. The van der Waals surface area contributed by atoms with Gasteiger partial charge in [-0.25, -0.2) is 19.6 Å². The molecule has 4 N–H and O–H groups in total. The van der Waals surface area contributed by atoms with Crippen LogP contribution >= 0.6 is 11.3 Å². The number of aliphatic hydroxyl groups excluding tert-OH is 1. The van der Waals surface area contributed by atoms with Gasteiger partial charge in [0.15, 0.2) is 6.29 Å². The average molecular weight is 756 g/mol. The van der Waals surface area contributed by atoms with E-state index in [0.717, 1.165) is 16.8 Å². The zero-order valence-corrected chi connectivity index (χ0v) is 31.4. The number of hydrogen-bond acceptors (Lipinski definition) is 13. The summed E-state index contributed by atoms with van der Waals surface area (Å²) in [6, 6.07) is 12.8. The molecular weight excluding hydrogens is 706 g/mol. The number of rotatable bonds is 16. The molecule has 3 aromatic rings. The highest BCUT2D eigenvalue weighted by Gasteiger charge is 2.44. The van der Waals surface area contributed by atoms with Gasteiger partial charge in [-0.2, -0.15) is 0 Å². The number of alkyl carbamates (subject to hydrolysis) is 2. The van der Waals surface area contributed by atoms with Crippen LogP contribution in [-0.4, -0.2) is 97.8 Å². The fourth-order valence-electron chi connectivity index (χ4n) is 6.12. The Morgan fingerprint density at radius 2 is 1.72 bits per heavy atom. The SMILES string of the molecule is COC(=O)N[C@H](C(=O)NN(Cc1ccc(OCc2cscn2)cc1)C[C@H](O)C(Cc1ccc(OC)cc1)NC(=O)O[C@H]1CO[C@H]2OCC[C@H]21)C(C)(C)C. The molecule has 5 rings (SSSR count). The molecule has 0 bridgehead atoms. The molecule has 2 aliphatic heterocycles. The van der Waals surface area contributed by atoms with E-state index in [2.05, 4.69) is 21.0 Å². The maximum Gasteiger partial charge on any atom is 0.407 e. The van der Waals surface area contributed by atoms with Gasteiger partial charge in [0.25, 0.3) is 5.91 Å². The van der Waals surface area contributed by atoms with Crippen LogP contribution in [0.3, 0.4) is 0 Å². The summed E-state index contributed by atoms with van der Waals surface area (Å²) in [6.45, 7) is 6.56. The van der Waals surface area contributed by atoms with Crippen LogP contribution in [0.25, 0.3) is 0 Å². The zero-order valence-electron chi connectivity index (χ0n) is 30.6. The smallest absolute Gasteiger partial charge is 0.407 e. The van der Waals surface area contributed by atoms with Crippen LogP contribution in [0.2, 0.25) is 0 Å². The second-order valence-corrected chi connectivity index (χ2v) is 14.8. The van der Waals surface area contributed by atoms with Crippen molar-refractivity contribution in [1.29, 1.82) is 0 Å².